The fourth-order valence-electron chi connectivity index (χ4n) is 2.75. The Morgan fingerprint density at radius 2 is 2.20 bits per heavy atom. The van der Waals surface area contributed by atoms with Gasteiger partial charge in [-0.1, -0.05) is 0 Å². The molecule has 1 aromatic heterocycles. The highest BCUT2D eigenvalue weighted by molar-refractivity contribution is 7.88. The van der Waals surface area contributed by atoms with Gasteiger partial charge in [-0.3, -0.25) is 0 Å². The number of sulfonamides is 1. The summed E-state index contributed by atoms with van der Waals surface area (Å²) in [6.45, 7) is 1.35. The van der Waals surface area contributed by atoms with Gasteiger partial charge in [0.05, 0.1) is 18.5 Å². The molecular formula is C12H17N3O4S. The SMILES string of the molecule is CS(=O)(=O)N1CC[C@]2(C[C@@H](Oc3ncccn3)CO2)C1. The van der Waals surface area contributed by atoms with Crippen LogP contribution >= 0.6 is 0 Å². The Morgan fingerprint density at radius 1 is 1.45 bits per heavy atom. The van der Waals surface area contributed by atoms with E-state index in [2.05, 4.69) is 9.97 Å². The van der Waals surface area contributed by atoms with Gasteiger partial charge in [-0.05, 0) is 12.5 Å². The normalized spacial score (nSPS) is 30.9. The highest BCUT2D eigenvalue weighted by Gasteiger charge is 2.48. The third-order valence-electron chi connectivity index (χ3n) is 3.74. The molecule has 7 nitrogen and oxygen atoms in total. The molecule has 0 bridgehead atoms. The number of hydrogen-bond donors (Lipinski definition) is 0. The minimum Gasteiger partial charge on any atom is -0.458 e. The van der Waals surface area contributed by atoms with Crippen molar-refractivity contribution in [3.63, 3.8) is 0 Å². The molecule has 0 radical (unpaired) electrons. The molecular weight excluding hydrogens is 282 g/mol. The zero-order chi connectivity index (χ0) is 14.2. The summed E-state index contributed by atoms with van der Waals surface area (Å²) in [7, 11) is -3.15. The van der Waals surface area contributed by atoms with Crippen molar-refractivity contribution in [3.8, 4) is 6.01 Å². The van der Waals surface area contributed by atoms with Gasteiger partial charge in [0, 0.05) is 31.9 Å². The summed E-state index contributed by atoms with van der Waals surface area (Å²) < 4.78 is 36.1. The van der Waals surface area contributed by atoms with E-state index in [9.17, 15) is 8.42 Å². The molecule has 2 saturated heterocycles. The quantitative estimate of drug-likeness (QED) is 0.784. The van der Waals surface area contributed by atoms with Crippen LogP contribution in [0, 0.1) is 0 Å². The van der Waals surface area contributed by atoms with Crippen LogP contribution in [0.1, 0.15) is 12.8 Å². The number of ether oxygens (including phenoxy) is 2. The molecule has 110 valence electrons. The van der Waals surface area contributed by atoms with E-state index in [0.29, 0.717) is 38.5 Å². The molecule has 20 heavy (non-hydrogen) atoms. The van der Waals surface area contributed by atoms with Crippen molar-refractivity contribution in [1.82, 2.24) is 14.3 Å². The van der Waals surface area contributed by atoms with Crippen LogP contribution in [-0.4, -0.2) is 60.3 Å². The third kappa shape index (κ3) is 2.77. The lowest BCUT2D eigenvalue weighted by Crippen LogP contribution is -2.35. The molecule has 0 unspecified atom stereocenters. The first-order valence-electron chi connectivity index (χ1n) is 6.50. The van der Waals surface area contributed by atoms with Crippen molar-refractivity contribution in [2.24, 2.45) is 0 Å². The van der Waals surface area contributed by atoms with Crippen LogP contribution in [0.15, 0.2) is 18.5 Å². The molecule has 3 heterocycles. The first-order valence-corrected chi connectivity index (χ1v) is 8.34. The van der Waals surface area contributed by atoms with Crippen LogP contribution in [0.4, 0.5) is 0 Å². The molecule has 1 aromatic rings. The van der Waals surface area contributed by atoms with Crippen LogP contribution in [0.2, 0.25) is 0 Å². The Labute approximate surface area is 118 Å². The Bertz CT molecular complexity index is 580. The topological polar surface area (TPSA) is 81.6 Å². The molecule has 0 N–H and O–H groups in total. The highest BCUT2D eigenvalue weighted by atomic mass is 32.2. The van der Waals surface area contributed by atoms with E-state index in [1.54, 1.807) is 18.5 Å². The van der Waals surface area contributed by atoms with E-state index in [4.69, 9.17) is 9.47 Å². The molecule has 0 aliphatic carbocycles. The van der Waals surface area contributed by atoms with E-state index in [1.165, 1.54) is 10.6 Å². The van der Waals surface area contributed by atoms with E-state index < -0.39 is 15.6 Å². The highest BCUT2D eigenvalue weighted by Crippen LogP contribution is 2.36. The second-order valence-corrected chi connectivity index (χ2v) is 7.30. The van der Waals surface area contributed by atoms with E-state index in [1.807, 2.05) is 0 Å². The lowest BCUT2D eigenvalue weighted by molar-refractivity contribution is 0.0141. The van der Waals surface area contributed by atoms with Gasteiger partial charge in [-0.25, -0.2) is 18.4 Å². The summed E-state index contributed by atoms with van der Waals surface area (Å²) >= 11 is 0. The van der Waals surface area contributed by atoms with Crippen LogP contribution in [0.5, 0.6) is 6.01 Å². The number of nitrogens with zero attached hydrogens (tertiary/aromatic N) is 3. The van der Waals surface area contributed by atoms with Gasteiger partial charge in [0.2, 0.25) is 10.0 Å². The minimum absolute atomic E-state index is 0.128. The Balaban J connectivity index is 1.63. The summed E-state index contributed by atoms with van der Waals surface area (Å²) in [5.41, 5.74) is -0.414. The van der Waals surface area contributed by atoms with Crippen LogP contribution < -0.4 is 4.74 Å². The average Bonchev–Trinajstić information content (AvgIpc) is 2.99. The van der Waals surface area contributed by atoms with Gasteiger partial charge in [0.15, 0.2) is 0 Å². The lowest BCUT2D eigenvalue weighted by Gasteiger charge is -2.22. The molecule has 0 saturated carbocycles. The molecule has 0 amide bonds. The van der Waals surface area contributed by atoms with E-state index >= 15 is 0 Å². The second-order valence-electron chi connectivity index (χ2n) is 5.32. The van der Waals surface area contributed by atoms with Gasteiger partial charge in [0.1, 0.15) is 6.10 Å². The Kier molecular flexibility index (Phi) is 3.39. The van der Waals surface area contributed by atoms with E-state index in [-0.39, 0.29) is 6.10 Å². The van der Waals surface area contributed by atoms with Crippen molar-refractivity contribution in [2.45, 2.75) is 24.5 Å². The van der Waals surface area contributed by atoms with Crippen molar-refractivity contribution < 1.29 is 17.9 Å². The summed E-state index contributed by atoms with van der Waals surface area (Å²) in [4.78, 5) is 8.03. The summed E-state index contributed by atoms with van der Waals surface area (Å²) in [6, 6.07) is 2.05. The maximum absolute atomic E-state index is 11.6. The number of rotatable bonds is 3. The molecule has 3 rings (SSSR count). The standard InChI is InChI=1S/C12H17N3O4S/c1-20(16,17)15-6-3-12(9-15)7-10(8-18-12)19-11-13-4-2-5-14-11/h2,4-5,10H,3,6-9H2,1H3/t10-,12+/m1/s1. The van der Waals surface area contributed by atoms with Gasteiger partial charge >= 0.3 is 6.01 Å². The molecule has 2 atom stereocenters. The molecule has 2 aliphatic heterocycles. The molecule has 0 aromatic carbocycles. The Hall–Kier alpha value is -1.25. The van der Waals surface area contributed by atoms with Crippen molar-refractivity contribution in [2.75, 3.05) is 26.0 Å². The summed E-state index contributed by atoms with van der Waals surface area (Å²) in [5, 5.41) is 0. The second kappa shape index (κ2) is 4.94. The molecule has 8 heteroatoms. The van der Waals surface area contributed by atoms with Crippen LogP contribution in [0.25, 0.3) is 0 Å². The predicted octanol–water partition coefficient (Wildman–Crippen LogP) is 0.0484. The fourth-order valence-corrected chi connectivity index (χ4v) is 3.64. The zero-order valence-corrected chi connectivity index (χ0v) is 12.0. The molecule has 2 fully saturated rings. The first kappa shape index (κ1) is 13.7. The predicted molar refractivity (Wildman–Crippen MR) is 70.8 cm³/mol. The third-order valence-corrected chi connectivity index (χ3v) is 4.99. The average molecular weight is 299 g/mol. The maximum atomic E-state index is 11.6. The number of aromatic nitrogens is 2. The monoisotopic (exact) mass is 299 g/mol. The summed E-state index contributed by atoms with van der Waals surface area (Å²) in [6.07, 6.45) is 5.71. The smallest absolute Gasteiger partial charge is 0.316 e. The minimum atomic E-state index is -3.15. The van der Waals surface area contributed by atoms with Gasteiger partial charge in [0.25, 0.3) is 0 Å². The van der Waals surface area contributed by atoms with Crippen molar-refractivity contribution in [1.29, 1.82) is 0 Å². The maximum Gasteiger partial charge on any atom is 0.316 e. The molecule has 1 spiro atoms. The zero-order valence-electron chi connectivity index (χ0n) is 11.2. The number of hydrogen-bond acceptors (Lipinski definition) is 6. The van der Waals surface area contributed by atoms with Crippen molar-refractivity contribution >= 4 is 10.0 Å². The summed E-state index contributed by atoms with van der Waals surface area (Å²) in [5.74, 6) is 0. The largest absolute Gasteiger partial charge is 0.458 e. The molecule has 2 aliphatic rings. The van der Waals surface area contributed by atoms with Gasteiger partial charge < -0.3 is 9.47 Å². The fraction of sp³-hybridized carbons (Fsp3) is 0.667. The van der Waals surface area contributed by atoms with Gasteiger partial charge in [-0.2, -0.15) is 4.31 Å². The van der Waals surface area contributed by atoms with Crippen LogP contribution in [-0.2, 0) is 14.8 Å². The Morgan fingerprint density at radius 3 is 2.85 bits per heavy atom. The van der Waals surface area contributed by atoms with Crippen molar-refractivity contribution in [3.05, 3.63) is 18.5 Å². The van der Waals surface area contributed by atoms with Crippen LogP contribution in [0.3, 0.4) is 0 Å². The van der Waals surface area contributed by atoms with Gasteiger partial charge in [-0.15, -0.1) is 0 Å². The first-order chi connectivity index (χ1) is 9.47. The lowest BCUT2D eigenvalue weighted by atomic mass is 9.98. The van der Waals surface area contributed by atoms with E-state index in [0.717, 1.165) is 0 Å².